The van der Waals surface area contributed by atoms with Gasteiger partial charge in [-0.3, -0.25) is 0 Å². The normalized spacial score (nSPS) is 19.3. The Bertz CT molecular complexity index is 455. The zero-order valence-corrected chi connectivity index (χ0v) is 13.4. The predicted octanol–water partition coefficient (Wildman–Crippen LogP) is 4.30. The van der Waals surface area contributed by atoms with Crippen molar-refractivity contribution in [1.29, 1.82) is 0 Å². The first-order chi connectivity index (χ1) is 9.00. The van der Waals surface area contributed by atoms with Gasteiger partial charge in [0.15, 0.2) is 5.67 Å². The molecule has 0 saturated carbocycles. The lowest BCUT2D eigenvalue weighted by atomic mass is 9.89. The minimum absolute atomic E-state index is 0.440. The second-order valence-electron chi connectivity index (χ2n) is 4.77. The third-order valence-corrected chi connectivity index (χ3v) is 5.34. The molecule has 1 aliphatic heterocycles. The topological polar surface area (TPSA) is 12.0 Å². The molecule has 1 aliphatic rings. The average molecular weight is 322 g/mol. The van der Waals surface area contributed by atoms with Crippen LogP contribution >= 0.6 is 35.0 Å². The van der Waals surface area contributed by atoms with Crippen molar-refractivity contribution in [2.45, 2.75) is 41.7 Å². The molecule has 1 N–H and O–H groups in total. The van der Waals surface area contributed by atoms with E-state index in [4.69, 9.17) is 23.2 Å². The standard InChI is InChI=1S/C14H18Cl2FNS/c1-3-18-9(2)14(17,13(15)16)11-4-5-12-10(8-11)6-7-19-12/h4-5,8-9,13,18H,3,6-7H2,1-2H3. The lowest BCUT2D eigenvalue weighted by Gasteiger charge is -2.34. The first kappa shape index (κ1) is 15.4. The van der Waals surface area contributed by atoms with Crippen molar-refractivity contribution < 1.29 is 4.39 Å². The zero-order chi connectivity index (χ0) is 14.0. The molecule has 1 aromatic carbocycles. The lowest BCUT2D eigenvalue weighted by Crippen LogP contribution is -2.47. The SMILES string of the molecule is CCNC(C)C(F)(c1ccc2c(c1)CCS2)C(Cl)Cl. The lowest BCUT2D eigenvalue weighted by molar-refractivity contribution is 0.129. The van der Waals surface area contributed by atoms with Crippen molar-refractivity contribution in [3.8, 4) is 0 Å². The van der Waals surface area contributed by atoms with E-state index in [1.807, 2.05) is 36.9 Å². The minimum Gasteiger partial charge on any atom is -0.311 e. The third kappa shape index (κ3) is 2.90. The summed E-state index contributed by atoms with van der Waals surface area (Å²) in [6.45, 7) is 4.39. The molecule has 0 radical (unpaired) electrons. The predicted molar refractivity (Wildman–Crippen MR) is 82.3 cm³/mol. The van der Waals surface area contributed by atoms with E-state index in [2.05, 4.69) is 5.32 Å². The number of fused-ring (bicyclic) bond motifs is 1. The number of hydrogen-bond acceptors (Lipinski definition) is 2. The maximum atomic E-state index is 15.4. The summed E-state index contributed by atoms with van der Waals surface area (Å²) < 4.78 is 15.4. The number of likely N-dealkylation sites (N-methyl/N-ethyl adjacent to an activating group) is 1. The van der Waals surface area contributed by atoms with Gasteiger partial charge >= 0.3 is 0 Å². The van der Waals surface area contributed by atoms with E-state index in [9.17, 15) is 0 Å². The quantitative estimate of drug-likeness (QED) is 0.811. The second kappa shape index (κ2) is 6.21. The van der Waals surface area contributed by atoms with Crippen molar-refractivity contribution in [3.05, 3.63) is 29.3 Å². The van der Waals surface area contributed by atoms with Crippen LogP contribution in [-0.2, 0) is 12.1 Å². The van der Waals surface area contributed by atoms with Gasteiger partial charge in [-0.15, -0.1) is 35.0 Å². The molecule has 19 heavy (non-hydrogen) atoms. The van der Waals surface area contributed by atoms with Crippen LogP contribution in [0.3, 0.4) is 0 Å². The van der Waals surface area contributed by atoms with E-state index >= 15 is 4.39 Å². The molecule has 2 rings (SSSR count). The second-order valence-corrected chi connectivity index (χ2v) is 7.00. The number of hydrogen-bond donors (Lipinski definition) is 1. The van der Waals surface area contributed by atoms with Crippen molar-refractivity contribution in [2.24, 2.45) is 0 Å². The first-order valence-corrected chi connectivity index (χ1v) is 8.32. The first-order valence-electron chi connectivity index (χ1n) is 6.46. The molecule has 0 fully saturated rings. The molecule has 0 spiro atoms. The van der Waals surface area contributed by atoms with Gasteiger partial charge in [0.1, 0.15) is 4.84 Å². The van der Waals surface area contributed by atoms with Crippen LogP contribution in [0.25, 0.3) is 0 Å². The Balaban J connectivity index is 2.38. The number of alkyl halides is 3. The van der Waals surface area contributed by atoms with E-state index in [0.717, 1.165) is 12.2 Å². The van der Waals surface area contributed by atoms with Gasteiger partial charge in [0.2, 0.25) is 0 Å². The molecule has 0 aliphatic carbocycles. The Labute approximate surface area is 128 Å². The molecule has 0 bridgehead atoms. The summed E-state index contributed by atoms with van der Waals surface area (Å²) in [5, 5.41) is 3.08. The van der Waals surface area contributed by atoms with Crippen LogP contribution in [0.5, 0.6) is 0 Å². The van der Waals surface area contributed by atoms with Crippen molar-refractivity contribution in [2.75, 3.05) is 12.3 Å². The molecule has 5 heteroatoms. The van der Waals surface area contributed by atoms with Gasteiger partial charge in [-0.1, -0.05) is 19.1 Å². The highest BCUT2D eigenvalue weighted by molar-refractivity contribution is 7.99. The number of thioether (sulfide) groups is 1. The summed E-state index contributed by atoms with van der Waals surface area (Å²) in [6.07, 6.45) is 0.981. The molecule has 2 atom stereocenters. The van der Waals surface area contributed by atoms with E-state index in [1.54, 1.807) is 6.92 Å². The van der Waals surface area contributed by atoms with Gasteiger partial charge in [0.25, 0.3) is 0 Å². The van der Waals surface area contributed by atoms with Crippen LogP contribution in [0, 0.1) is 0 Å². The Morgan fingerprint density at radius 1 is 1.47 bits per heavy atom. The Kier molecular flexibility index (Phi) is 5.04. The fourth-order valence-corrected chi connectivity index (χ4v) is 4.13. The van der Waals surface area contributed by atoms with Crippen LogP contribution in [0.15, 0.2) is 23.1 Å². The zero-order valence-electron chi connectivity index (χ0n) is 11.1. The number of rotatable bonds is 5. The van der Waals surface area contributed by atoms with E-state index in [1.165, 1.54) is 10.5 Å². The van der Waals surface area contributed by atoms with Crippen LogP contribution < -0.4 is 5.32 Å². The van der Waals surface area contributed by atoms with Gasteiger partial charge < -0.3 is 5.32 Å². The summed E-state index contributed by atoms with van der Waals surface area (Å²) in [6, 6.07) is 5.26. The van der Waals surface area contributed by atoms with E-state index < -0.39 is 16.5 Å². The van der Waals surface area contributed by atoms with Gasteiger partial charge in [-0.25, -0.2) is 4.39 Å². The van der Waals surface area contributed by atoms with Crippen LogP contribution in [0.4, 0.5) is 4.39 Å². The molecule has 1 heterocycles. The number of aryl methyl sites for hydroxylation is 1. The summed E-state index contributed by atoms with van der Waals surface area (Å²) >= 11 is 13.7. The number of nitrogens with one attached hydrogen (secondary N) is 1. The molecular weight excluding hydrogens is 304 g/mol. The van der Waals surface area contributed by atoms with Gasteiger partial charge in [-0.05, 0) is 37.1 Å². The van der Waals surface area contributed by atoms with Crippen LogP contribution in [-0.4, -0.2) is 23.2 Å². The molecule has 2 unspecified atom stereocenters. The largest absolute Gasteiger partial charge is 0.311 e. The van der Waals surface area contributed by atoms with Crippen LogP contribution in [0.2, 0.25) is 0 Å². The average Bonchev–Trinajstić information content (AvgIpc) is 2.84. The third-order valence-electron chi connectivity index (χ3n) is 3.59. The molecule has 0 aromatic heterocycles. The van der Waals surface area contributed by atoms with Crippen LogP contribution in [0.1, 0.15) is 25.0 Å². The molecule has 106 valence electrons. The highest BCUT2D eigenvalue weighted by Crippen LogP contribution is 2.41. The van der Waals surface area contributed by atoms with E-state index in [0.29, 0.717) is 12.1 Å². The summed E-state index contributed by atoms with van der Waals surface area (Å²) in [4.78, 5) is 0.136. The number of benzene rings is 1. The summed E-state index contributed by atoms with van der Waals surface area (Å²) in [5.41, 5.74) is -0.0130. The van der Waals surface area contributed by atoms with Crippen molar-refractivity contribution in [1.82, 2.24) is 5.32 Å². The number of halogens is 3. The maximum Gasteiger partial charge on any atom is 0.180 e. The Hall–Kier alpha value is 0.0400. The summed E-state index contributed by atoms with van der Waals surface area (Å²) in [5.74, 6) is 1.06. The molecule has 0 saturated heterocycles. The molecular formula is C14H18Cl2FNS. The van der Waals surface area contributed by atoms with E-state index in [-0.39, 0.29) is 0 Å². The van der Waals surface area contributed by atoms with Crippen molar-refractivity contribution >= 4 is 35.0 Å². The molecule has 1 aromatic rings. The fourth-order valence-electron chi connectivity index (χ4n) is 2.44. The smallest absolute Gasteiger partial charge is 0.180 e. The van der Waals surface area contributed by atoms with Gasteiger partial charge in [0.05, 0.1) is 0 Å². The van der Waals surface area contributed by atoms with Gasteiger partial charge in [0, 0.05) is 16.7 Å². The Morgan fingerprint density at radius 2 is 2.21 bits per heavy atom. The molecule has 1 nitrogen and oxygen atoms in total. The van der Waals surface area contributed by atoms with Crippen molar-refractivity contribution in [3.63, 3.8) is 0 Å². The monoisotopic (exact) mass is 321 g/mol. The molecule has 0 amide bonds. The van der Waals surface area contributed by atoms with Gasteiger partial charge in [-0.2, -0.15) is 0 Å². The highest BCUT2D eigenvalue weighted by atomic mass is 35.5. The maximum absolute atomic E-state index is 15.4. The Morgan fingerprint density at radius 3 is 2.84 bits per heavy atom. The highest BCUT2D eigenvalue weighted by Gasteiger charge is 2.44. The summed E-state index contributed by atoms with van der Waals surface area (Å²) in [7, 11) is 0. The minimum atomic E-state index is -1.78. The fraction of sp³-hybridized carbons (Fsp3) is 0.571.